The van der Waals surface area contributed by atoms with E-state index < -0.39 is 5.60 Å². The molecule has 1 amide bonds. The second kappa shape index (κ2) is 6.67. The van der Waals surface area contributed by atoms with Crippen molar-refractivity contribution < 1.29 is 14.4 Å². The Morgan fingerprint density at radius 2 is 1.88 bits per heavy atom. The number of carbonyl (C=O) groups is 1. The Hall–Kier alpha value is -2.08. The average molecular weight is 345 g/mol. The number of benzene rings is 1. The number of oxime groups is 1. The first kappa shape index (κ1) is 17.7. The molecule has 2 aliphatic heterocycles. The lowest BCUT2D eigenvalue weighted by molar-refractivity contribution is -0.0153. The zero-order valence-corrected chi connectivity index (χ0v) is 15.5. The summed E-state index contributed by atoms with van der Waals surface area (Å²) in [5.74, 6) is 0. The van der Waals surface area contributed by atoms with Crippen molar-refractivity contribution >= 4 is 11.8 Å². The molecule has 2 saturated heterocycles. The summed E-state index contributed by atoms with van der Waals surface area (Å²) in [5.41, 5.74) is 1.71. The van der Waals surface area contributed by atoms with E-state index in [1.807, 2.05) is 26.8 Å². The maximum Gasteiger partial charge on any atom is 0.410 e. The largest absolute Gasteiger partial charge is 0.444 e. The Morgan fingerprint density at radius 3 is 2.48 bits per heavy atom. The van der Waals surface area contributed by atoms with Crippen LogP contribution in [0, 0.1) is 5.41 Å². The lowest BCUT2D eigenvalue weighted by atomic mass is 9.78. The number of nitrogens with zero attached hydrogens (tertiary/aromatic N) is 3. The molecular formula is C19H27N3O3. The van der Waals surface area contributed by atoms with Crippen LogP contribution in [0.4, 0.5) is 4.79 Å². The van der Waals surface area contributed by atoms with Gasteiger partial charge in [-0.25, -0.2) is 4.79 Å². The van der Waals surface area contributed by atoms with Gasteiger partial charge in [0, 0.05) is 32.7 Å². The van der Waals surface area contributed by atoms with Crippen LogP contribution < -0.4 is 0 Å². The fourth-order valence-corrected chi connectivity index (χ4v) is 3.57. The first-order chi connectivity index (χ1) is 11.8. The second-order valence-corrected chi connectivity index (χ2v) is 7.97. The summed E-state index contributed by atoms with van der Waals surface area (Å²) in [6.07, 6.45) is -0.253. The van der Waals surface area contributed by atoms with Crippen LogP contribution in [0.25, 0.3) is 0 Å². The number of amides is 1. The van der Waals surface area contributed by atoms with Gasteiger partial charge in [0.25, 0.3) is 0 Å². The Morgan fingerprint density at radius 1 is 1.20 bits per heavy atom. The summed E-state index contributed by atoms with van der Waals surface area (Å²) in [7, 11) is 1.57. The van der Waals surface area contributed by atoms with E-state index in [1.54, 1.807) is 12.0 Å². The van der Waals surface area contributed by atoms with Crippen LogP contribution in [0.15, 0.2) is 35.5 Å². The second-order valence-electron chi connectivity index (χ2n) is 7.97. The molecule has 2 aliphatic rings. The minimum atomic E-state index is -0.474. The Balaban J connectivity index is 1.65. The van der Waals surface area contributed by atoms with Gasteiger partial charge in [0.2, 0.25) is 0 Å². The maximum absolute atomic E-state index is 12.2. The quantitative estimate of drug-likeness (QED) is 0.791. The third-order valence-corrected chi connectivity index (χ3v) is 4.60. The summed E-state index contributed by atoms with van der Waals surface area (Å²) in [4.78, 5) is 21.4. The molecule has 2 heterocycles. The molecule has 0 aromatic heterocycles. The molecule has 0 radical (unpaired) electrons. The molecule has 2 fully saturated rings. The van der Waals surface area contributed by atoms with Gasteiger partial charge < -0.3 is 14.5 Å². The molecule has 3 rings (SSSR count). The third-order valence-electron chi connectivity index (χ3n) is 4.60. The highest BCUT2D eigenvalue weighted by molar-refractivity contribution is 5.96. The van der Waals surface area contributed by atoms with Gasteiger partial charge in [-0.05, 0) is 26.3 Å². The minimum Gasteiger partial charge on any atom is -0.444 e. The van der Waals surface area contributed by atoms with Crippen molar-refractivity contribution in [3.05, 3.63) is 35.9 Å². The summed E-state index contributed by atoms with van der Waals surface area (Å²) in [5, 5.41) is 4.26. The zero-order valence-electron chi connectivity index (χ0n) is 15.5. The molecule has 1 aromatic rings. The van der Waals surface area contributed by atoms with Gasteiger partial charge >= 0.3 is 6.09 Å². The van der Waals surface area contributed by atoms with E-state index in [4.69, 9.17) is 9.57 Å². The van der Waals surface area contributed by atoms with Crippen LogP contribution in [0.2, 0.25) is 0 Å². The summed E-state index contributed by atoms with van der Waals surface area (Å²) < 4.78 is 5.46. The third kappa shape index (κ3) is 3.95. The van der Waals surface area contributed by atoms with Crippen molar-refractivity contribution in [1.82, 2.24) is 9.80 Å². The summed E-state index contributed by atoms with van der Waals surface area (Å²) in [6.45, 7) is 9.44. The van der Waals surface area contributed by atoms with E-state index in [9.17, 15) is 4.79 Å². The molecule has 0 saturated carbocycles. The summed E-state index contributed by atoms with van der Waals surface area (Å²) >= 11 is 0. The van der Waals surface area contributed by atoms with Crippen LogP contribution in [0.1, 0.15) is 26.3 Å². The maximum atomic E-state index is 12.2. The molecule has 6 heteroatoms. The normalized spacial score (nSPS) is 21.4. The number of likely N-dealkylation sites (tertiary alicyclic amines) is 2. The smallest absolute Gasteiger partial charge is 0.410 e. The summed E-state index contributed by atoms with van der Waals surface area (Å²) in [6, 6.07) is 10.4. The lowest BCUT2D eigenvalue weighted by Gasteiger charge is -2.47. The highest BCUT2D eigenvalue weighted by atomic mass is 16.6. The Kier molecular flexibility index (Phi) is 4.73. The Bertz CT molecular complexity index is 646. The molecule has 6 nitrogen and oxygen atoms in total. The SMILES string of the molecule is CON=C1CN(Cc2ccccc2)CC12CN(C(=O)OC(C)(C)C)C2. The van der Waals surface area contributed by atoms with Crippen LogP contribution in [0.3, 0.4) is 0 Å². The topological polar surface area (TPSA) is 54.4 Å². The first-order valence-corrected chi connectivity index (χ1v) is 8.66. The van der Waals surface area contributed by atoms with Gasteiger partial charge in [0.1, 0.15) is 12.7 Å². The number of hydrogen-bond donors (Lipinski definition) is 0. The van der Waals surface area contributed by atoms with Gasteiger partial charge in [-0.15, -0.1) is 0 Å². The van der Waals surface area contributed by atoms with Gasteiger partial charge in [-0.1, -0.05) is 35.5 Å². The molecule has 136 valence electrons. The van der Waals surface area contributed by atoms with Crippen LogP contribution in [-0.2, 0) is 16.1 Å². The van der Waals surface area contributed by atoms with E-state index in [2.05, 4.69) is 34.3 Å². The monoisotopic (exact) mass is 345 g/mol. The van der Waals surface area contributed by atoms with E-state index in [-0.39, 0.29) is 11.5 Å². The van der Waals surface area contributed by atoms with E-state index in [0.717, 1.165) is 25.3 Å². The van der Waals surface area contributed by atoms with Crippen molar-refractivity contribution in [2.24, 2.45) is 10.6 Å². The highest BCUT2D eigenvalue weighted by Gasteiger charge is 2.54. The van der Waals surface area contributed by atoms with Crippen LogP contribution in [-0.4, -0.2) is 60.5 Å². The van der Waals surface area contributed by atoms with Crippen molar-refractivity contribution in [1.29, 1.82) is 0 Å². The zero-order chi connectivity index (χ0) is 18.1. The number of rotatable bonds is 3. The minimum absolute atomic E-state index is 0.109. The Labute approximate surface area is 149 Å². The van der Waals surface area contributed by atoms with Gasteiger partial charge in [0.05, 0.1) is 11.1 Å². The van der Waals surface area contributed by atoms with E-state index in [1.165, 1.54) is 5.56 Å². The standard InChI is InChI=1S/C19H27N3O3/c1-18(2,3)25-17(23)22-13-19(14-22)12-21(11-16(19)20-24-4)10-15-8-6-5-7-9-15/h5-9H,10-14H2,1-4H3. The molecule has 25 heavy (non-hydrogen) atoms. The predicted octanol–water partition coefficient (Wildman–Crippen LogP) is 2.74. The molecule has 1 spiro atoms. The number of carbonyl (C=O) groups excluding carboxylic acids is 1. The van der Waals surface area contributed by atoms with Crippen molar-refractivity contribution in [2.45, 2.75) is 32.9 Å². The van der Waals surface area contributed by atoms with Crippen molar-refractivity contribution in [3.63, 3.8) is 0 Å². The average Bonchev–Trinajstić information content (AvgIpc) is 2.84. The molecule has 0 atom stereocenters. The molecular weight excluding hydrogens is 318 g/mol. The molecule has 1 aromatic carbocycles. The van der Waals surface area contributed by atoms with Gasteiger partial charge in [-0.3, -0.25) is 4.90 Å². The fraction of sp³-hybridized carbons (Fsp3) is 0.579. The lowest BCUT2D eigenvalue weighted by Crippen LogP contribution is -2.63. The molecule has 0 N–H and O–H groups in total. The first-order valence-electron chi connectivity index (χ1n) is 8.66. The van der Waals surface area contributed by atoms with E-state index in [0.29, 0.717) is 13.1 Å². The van der Waals surface area contributed by atoms with Crippen molar-refractivity contribution in [3.8, 4) is 0 Å². The van der Waals surface area contributed by atoms with Gasteiger partial charge in [-0.2, -0.15) is 0 Å². The molecule has 0 unspecified atom stereocenters. The van der Waals surface area contributed by atoms with E-state index >= 15 is 0 Å². The fourth-order valence-electron chi connectivity index (χ4n) is 3.57. The van der Waals surface area contributed by atoms with Crippen LogP contribution >= 0.6 is 0 Å². The molecule has 0 bridgehead atoms. The van der Waals surface area contributed by atoms with Gasteiger partial charge in [0.15, 0.2) is 0 Å². The number of ether oxygens (including phenoxy) is 1. The molecule has 0 aliphatic carbocycles. The number of hydrogen-bond acceptors (Lipinski definition) is 5. The van der Waals surface area contributed by atoms with Crippen LogP contribution in [0.5, 0.6) is 0 Å². The predicted molar refractivity (Wildman–Crippen MR) is 96.4 cm³/mol. The highest BCUT2D eigenvalue weighted by Crippen LogP contribution is 2.39. The van der Waals surface area contributed by atoms with Crippen molar-refractivity contribution in [2.75, 3.05) is 33.3 Å².